The number of rotatable bonds is 4. The average Bonchev–Trinajstić information content (AvgIpc) is 3.32. The molecule has 144 valence electrons. The van der Waals surface area contributed by atoms with Gasteiger partial charge in [0.25, 0.3) is 0 Å². The third kappa shape index (κ3) is 3.70. The van der Waals surface area contributed by atoms with Crippen molar-refractivity contribution in [2.24, 2.45) is 23.4 Å². The lowest BCUT2D eigenvalue weighted by molar-refractivity contribution is -0.120. The molecule has 1 amide bonds. The predicted octanol–water partition coefficient (Wildman–Crippen LogP) is 1.84. The molecule has 0 radical (unpaired) electrons. The molecule has 1 N–H and O–H groups in total. The predicted molar refractivity (Wildman–Crippen MR) is 113 cm³/mol. The zero-order valence-corrected chi connectivity index (χ0v) is 18.0. The van der Waals surface area contributed by atoms with Crippen molar-refractivity contribution in [2.45, 2.75) is 32.1 Å². The van der Waals surface area contributed by atoms with Gasteiger partial charge in [0.1, 0.15) is 6.54 Å². The van der Waals surface area contributed by atoms with Crippen molar-refractivity contribution < 1.29 is 4.79 Å². The zero-order valence-electron chi connectivity index (χ0n) is 15.6. The van der Waals surface area contributed by atoms with Crippen LogP contribution in [-0.4, -0.2) is 59.8 Å². The van der Waals surface area contributed by atoms with Gasteiger partial charge >= 0.3 is 0 Å². The standard InChI is InChI=1S/C18H28N6O.HI/c1-19-17(20-13-18(6-3-7-18)14-4-5-14)23-8-9-24(16(25)12-23)15-10-21-22(2)11-15;/h10-11,14H,3-9,12-13H2,1-2H3,(H,19,20);1H. The number of aryl methyl sites for hydroxylation is 1. The Morgan fingerprint density at radius 1 is 1.38 bits per heavy atom. The maximum atomic E-state index is 12.6. The first-order chi connectivity index (χ1) is 12.1. The monoisotopic (exact) mass is 472 g/mol. The second-order valence-corrected chi connectivity index (χ2v) is 7.73. The number of piperazine rings is 1. The first-order valence-electron chi connectivity index (χ1n) is 9.36. The van der Waals surface area contributed by atoms with Crippen molar-refractivity contribution in [3.05, 3.63) is 12.4 Å². The van der Waals surface area contributed by atoms with Crippen LogP contribution in [0.1, 0.15) is 32.1 Å². The Labute approximate surface area is 172 Å². The van der Waals surface area contributed by atoms with E-state index in [-0.39, 0.29) is 29.9 Å². The first-order valence-corrected chi connectivity index (χ1v) is 9.36. The van der Waals surface area contributed by atoms with Crippen LogP contribution in [0.2, 0.25) is 0 Å². The highest BCUT2D eigenvalue weighted by Crippen LogP contribution is 2.56. The van der Waals surface area contributed by atoms with E-state index >= 15 is 0 Å². The molecule has 0 atom stereocenters. The number of halogens is 1. The summed E-state index contributed by atoms with van der Waals surface area (Å²) in [6.45, 7) is 2.82. The van der Waals surface area contributed by atoms with Crippen LogP contribution in [0.3, 0.4) is 0 Å². The molecular weight excluding hydrogens is 443 g/mol. The average molecular weight is 472 g/mol. The maximum Gasteiger partial charge on any atom is 0.246 e. The van der Waals surface area contributed by atoms with Crippen LogP contribution in [0.15, 0.2) is 17.4 Å². The second kappa shape index (κ2) is 7.74. The van der Waals surface area contributed by atoms with Crippen molar-refractivity contribution in [1.29, 1.82) is 0 Å². The van der Waals surface area contributed by atoms with E-state index in [2.05, 4.69) is 20.3 Å². The molecule has 0 aromatic carbocycles. The third-order valence-corrected chi connectivity index (χ3v) is 6.13. The smallest absolute Gasteiger partial charge is 0.246 e. The summed E-state index contributed by atoms with van der Waals surface area (Å²) in [6, 6.07) is 0. The number of nitrogens with zero attached hydrogens (tertiary/aromatic N) is 5. The fourth-order valence-corrected chi connectivity index (χ4v) is 4.32. The molecule has 0 spiro atoms. The van der Waals surface area contributed by atoms with E-state index in [4.69, 9.17) is 0 Å². The lowest BCUT2D eigenvalue weighted by Crippen LogP contribution is -2.57. The first kappa shape index (κ1) is 19.4. The van der Waals surface area contributed by atoms with Gasteiger partial charge in [-0.25, -0.2) is 0 Å². The number of aliphatic imine (C=N–C) groups is 1. The Balaban J connectivity index is 0.00000196. The molecule has 2 heterocycles. The van der Waals surface area contributed by atoms with Crippen molar-refractivity contribution >= 4 is 41.5 Å². The Kier molecular flexibility index (Phi) is 5.78. The topological polar surface area (TPSA) is 65.8 Å². The fourth-order valence-electron chi connectivity index (χ4n) is 4.32. The molecule has 3 fully saturated rings. The normalized spacial score (nSPS) is 22.7. The number of hydrogen-bond acceptors (Lipinski definition) is 3. The molecule has 3 aliphatic rings. The summed E-state index contributed by atoms with van der Waals surface area (Å²) in [7, 11) is 3.68. The second-order valence-electron chi connectivity index (χ2n) is 7.73. The van der Waals surface area contributed by atoms with Crippen molar-refractivity contribution in [3.8, 4) is 0 Å². The van der Waals surface area contributed by atoms with Crippen LogP contribution in [0.5, 0.6) is 0 Å². The van der Waals surface area contributed by atoms with Gasteiger partial charge in [0.15, 0.2) is 5.96 Å². The molecule has 0 unspecified atom stereocenters. The van der Waals surface area contributed by atoms with Gasteiger partial charge in [0.2, 0.25) is 5.91 Å². The van der Waals surface area contributed by atoms with E-state index in [9.17, 15) is 4.79 Å². The highest BCUT2D eigenvalue weighted by atomic mass is 127. The molecule has 4 rings (SSSR count). The van der Waals surface area contributed by atoms with Gasteiger partial charge in [0.05, 0.1) is 11.9 Å². The molecule has 2 aliphatic carbocycles. The van der Waals surface area contributed by atoms with E-state index in [1.165, 1.54) is 32.1 Å². The van der Waals surface area contributed by atoms with E-state index < -0.39 is 0 Å². The number of hydrogen-bond donors (Lipinski definition) is 1. The molecule has 1 aliphatic heterocycles. The van der Waals surface area contributed by atoms with Gasteiger partial charge in [-0.2, -0.15) is 5.10 Å². The Morgan fingerprint density at radius 2 is 2.15 bits per heavy atom. The van der Waals surface area contributed by atoms with Gasteiger partial charge in [0, 0.05) is 39.9 Å². The number of anilines is 1. The zero-order chi connectivity index (χ0) is 17.4. The Hall–Kier alpha value is -1.32. The molecular formula is C18H29IN6O. The minimum atomic E-state index is 0. The minimum absolute atomic E-state index is 0. The van der Waals surface area contributed by atoms with Crippen LogP contribution in [0.25, 0.3) is 0 Å². The van der Waals surface area contributed by atoms with Crippen LogP contribution >= 0.6 is 24.0 Å². The third-order valence-electron chi connectivity index (χ3n) is 6.13. The number of amides is 1. The van der Waals surface area contributed by atoms with Gasteiger partial charge < -0.3 is 15.1 Å². The maximum absolute atomic E-state index is 12.6. The van der Waals surface area contributed by atoms with Crippen molar-refractivity contribution in [1.82, 2.24) is 20.0 Å². The minimum Gasteiger partial charge on any atom is -0.356 e. The number of aromatic nitrogens is 2. The van der Waals surface area contributed by atoms with Gasteiger partial charge in [-0.3, -0.25) is 14.5 Å². The molecule has 0 bridgehead atoms. The van der Waals surface area contributed by atoms with Gasteiger partial charge in [-0.1, -0.05) is 6.42 Å². The summed E-state index contributed by atoms with van der Waals surface area (Å²) >= 11 is 0. The summed E-state index contributed by atoms with van der Waals surface area (Å²) in [5, 5.41) is 7.74. The highest BCUT2D eigenvalue weighted by molar-refractivity contribution is 14.0. The van der Waals surface area contributed by atoms with Crippen LogP contribution in [-0.2, 0) is 11.8 Å². The summed E-state index contributed by atoms with van der Waals surface area (Å²) in [5.74, 6) is 1.88. The molecule has 2 saturated carbocycles. The molecule has 1 aromatic rings. The summed E-state index contributed by atoms with van der Waals surface area (Å²) < 4.78 is 1.73. The fraction of sp³-hybridized carbons (Fsp3) is 0.722. The highest BCUT2D eigenvalue weighted by Gasteiger charge is 2.49. The van der Waals surface area contributed by atoms with Crippen LogP contribution in [0, 0.1) is 11.3 Å². The number of guanidine groups is 1. The number of nitrogens with one attached hydrogen (secondary N) is 1. The largest absolute Gasteiger partial charge is 0.356 e. The van der Waals surface area contributed by atoms with Crippen LogP contribution in [0.4, 0.5) is 5.69 Å². The number of carbonyl (C=O) groups is 1. The molecule has 1 aromatic heterocycles. The van der Waals surface area contributed by atoms with E-state index in [1.54, 1.807) is 10.9 Å². The molecule has 1 saturated heterocycles. The van der Waals surface area contributed by atoms with Gasteiger partial charge in [-0.15, -0.1) is 24.0 Å². The van der Waals surface area contributed by atoms with E-state index in [0.29, 0.717) is 18.5 Å². The summed E-state index contributed by atoms with van der Waals surface area (Å²) in [6.07, 6.45) is 10.5. The van der Waals surface area contributed by atoms with Gasteiger partial charge in [-0.05, 0) is 37.0 Å². The molecule has 8 heteroatoms. The number of carbonyl (C=O) groups excluding carboxylic acids is 1. The SMILES string of the molecule is CN=C(NCC1(C2CC2)CCC1)N1CCN(c2cnn(C)c2)C(=O)C1.I. The summed E-state index contributed by atoms with van der Waals surface area (Å²) in [4.78, 5) is 20.9. The lowest BCUT2D eigenvalue weighted by atomic mass is 9.65. The molecule has 7 nitrogen and oxygen atoms in total. The Morgan fingerprint density at radius 3 is 2.65 bits per heavy atom. The quantitative estimate of drug-likeness (QED) is 0.413. The Bertz CT molecular complexity index is 679. The van der Waals surface area contributed by atoms with Crippen molar-refractivity contribution in [2.75, 3.05) is 38.1 Å². The van der Waals surface area contributed by atoms with Crippen LogP contribution < -0.4 is 10.2 Å². The summed E-state index contributed by atoms with van der Waals surface area (Å²) in [5.41, 5.74) is 1.37. The molecule has 26 heavy (non-hydrogen) atoms. The van der Waals surface area contributed by atoms with Crippen molar-refractivity contribution in [3.63, 3.8) is 0 Å². The van der Waals surface area contributed by atoms with E-state index in [1.807, 2.05) is 25.2 Å². The van der Waals surface area contributed by atoms with E-state index in [0.717, 1.165) is 30.7 Å². The lowest BCUT2D eigenvalue weighted by Gasteiger charge is -2.44.